The van der Waals surface area contributed by atoms with E-state index in [0.717, 1.165) is 11.1 Å². The number of para-hydroxylation sites is 2. The quantitative estimate of drug-likeness (QED) is 0.685. The Hall–Kier alpha value is -3.08. The number of esters is 1. The van der Waals surface area contributed by atoms with E-state index in [0.29, 0.717) is 17.2 Å². The fourth-order valence-corrected chi connectivity index (χ4v) is 2.86. The van der Waals surface area contributed by atoms with Crippen LogP contribution in [-0.4, -0.2) is 18.5 Å². The Morgan fingerprint density at radius 1 is 1.08 bits per heavy atom. The third kappa shape index (κ3) is 3.55. The van der Waals surface area contributed by atoms with Gasteiger partial charge in [-0.3, -0.25) is 4.79 Å². The fraction of sp³-hybridized carbons (Fsp3) is 0.200. The van der Waals surface area contributed by atoms with E-state index in [1.807, 2.05) is 48.5 Å². The number of allylic oxidation sites excluding steroid dienone is 1. The second-order valence-electron chi connectivity index (χ2n) is 5.68. The highest BCUT2D eigenvalue weighted by Crippen LogP contribution is 2.43. The third-order valence-electron chi connectivity index (χ3n) is 3.88. The Balaban J connectivity index is 1.91. The van der Waals surface area contributed by atoms with Gasteiger partial charge in [-0.25, -0.2) is 4.79 Å². The van der Waals surface area contributed by atoms with Gasteiger partial charge in [0.15, 0.2) is 0 Å². The van der Waals surface area contributed by atoms with Gasteiger partial charge >= 0.3 is 5.97 Å². The molecule has 2 aromatic carbocycles. The van der Waals surface area contributed by atoms with Crippen LogP contribution < -0.4 is 10.1 Å². The first-order valence-electron chi connectivity index (χ1n) is 8.11. The molecule has 0 spiro atoms. The van der Waals surface area contributed by atoms with Crippen molar-refractivity contribution < 1.29 is 19.1 Å². The van der Waals surface area contributed by atoms with E-state index >= 15 is 0 Å². The maximum atomic E-state index is 12.9. The summed E-state index contributed by atoms with van der Waals surface area (Å²) in [4.78, 5) is 24.5. The highest BCUT2D eigenvalue weighted by atomic mass is 16.5. The Morgan fingerprint density at radius 2 is 1.64 bits per heavy atom. The average molecular weight is 337 g/mol. The molecule has 0 fully saturated rings. The number of rotatable bonds is 4. The molecule has 0 atom stereocenters. The van der Waals surface area contributed by atoms with E-state index < -0.39 is 11.9 Å². The van der Waals surface area contributed by atoms with Crippen LogP contribution in [0.1, 0.15) is 30.9 Å². The van der Waals surface area contributed by atoms with E-state index in [4.69, 9.17) is 9.47 Å². The second kappa shape index (κ2) is 7.21. The SMILES string of the molecule is CCOC(=O)/C=C(\C)NC(=O)C1c2ccccc2Oc2ccccc21. The van der Waals surface area contributed by atoms with Gasteiger partial charge in [0.05, 0.1) is 12.5 Å². The van der Waals surface area contributed by atoms with Gasteiger partial charge in [-0.15, -0.1) is 0 Å². The molecule has 1 aliphatic rings. The first kappa shape index (κ1) is 16.8. The molecule has 25 heavy (non-hydrogen) atoms. The molecule has 5 nitrogen and oxygen atoms in total. The minimum Gasteiger partial charge on any atom is -0.463 e. The summed E-state index contributed by atoms with van der Waals surface area (Å²) in [5, 5.41) is 2.79. The molecular weight excluding hydrogens is 318 g/mol. The Morgan fingerprint density at radius 3 is 2.20 bits per heavy atom. The molecular formula is C20H19NO4. The van der Waals surface area contributed by atoms with Crippen molar-refractivity contribution in [3.63, 3.8) is 0 Å². The van der Waals surface area contributed by atoms with Gasteiger partial charge in [0.1, 0.15) is 11.5 Å². The maximum absolute atomic E-state index is 12.9. The summed E-state index contributed by atoms with van der Waals surface area (Å²) in [6.45, 7) is 3.68. The first-order chi connectivity index (χ1) is 12.1. The van der Waals surface area contributed by atoms with Gasteiger partial charge in [-0.1, -0.05) is 36.4 Å². The van der Waals surface area contributed by atoms with E-state index in [-0.39, 0.29) is 12.5 Å². The summed E-state index contributed by atoms with van der Waals surface area (Å²) in [5.41, 5.74) is 2.02. The molecule has 0 saturated carbocycles. The van der Waals surface area contributed by atoms with Gasteiger partial charge in [0.25, 0.3) is 0 Å². The molecule has 2 aromatic rings. The van der Waals surface area contributed by atoms with Gasteiger partial charge in [0.2, 0.25) is 5.91 Å². The summed E-state index contributed by atoms with van der Waals surface area (Å²) < 4.78 is 10.8. The Bertz CT molecular complexity index is 796. The average Bonchev–Trinajstić information content (AvgIpc) is 2.59. The summed E-state index contributed by atoms with van der Waals surface area (Å²) in [7, 11) is 0. The number of carbonyl (C=O) groups excluding carboxylic acids is 2. The molecule has 1 heterocycles. The monoisotopic (exact) mass is 337 g/mol. The van der Waals surface area contributed by atoms with Crippen molar-refractivity contribution >= 4 is 11.9 Å². The van der Waals surface area contributed by atoms with Crippen LogP contribution >= 0.6 is 0 Å². The van der Waals surface area contributed by atoms with Crippen LogP contribution in [-0.2, 0) is 14.3 Å². The van der Waals surface area contributed by atoms with Crippen molar-refractivity contribution in [3.8, 4) is 11.5 Å². The van der Waals surface area contributed by atoms with Gasteiger partial charge < -0.3 is 14.8 Å². The molecule has 0 bridgehead atoms. The number of amides is 1. The van der Waals surface area contributed by atoms with Crippen molar-refractivity contribution in [2.24, 2.45) is 0 Å². The Labute approximate surface area is 146 Å². The molecule has 1 amide bonds. The predicted molar refractivity (Wildman–Crippen MR) is 93.3 cm³/mol. The standard InChI is InChI=1S/C20H19NO4/c1-3-24-18(22)12-13(2)21-20(23)19-14-8-4-6-10-16(14)25-17-11-7-5-9-15(17)19/h4-12,19H,3H2,1-2H3,(H,21,23)/b13-12+. The normalized spacial score (nSPS) is 13.3. The van der Waals surface area contributed by atoms with Crippen LogP contribution in [0.25, 0.3) is 0 Å². The number of nitrogens with one attached hydrogen (secondary N) is 1. The lowest BCUT2D eigenvalue weighted by Gasteiger charge is -2.27. The minimum absolute atomic E-state index is 0.221. The third-order valence-corrected chi connectivity index (χ3v) is 3.88. The van der Waals surface area contributed by atoms with Crippen LogP contribution in [0.5, 0.6) is 11.5 Å². The van der Waals surface area contributed by atoms with Crippen LogP contribution in [0.4, 0.5) is 0 Å². The summed E-state index contributed by atoms with van der Waals surface area (Å²) in [6.07, 6.45) is 1.28. The highest BCUT2D eigenvalue weighted by Gasteiger charge is 2.32. The van der Waals surface area contributed by atoms with Gasteiger partial charge in [-0.05, 0) is 26.0 Å². The second-order valence-corrected chi connectivity index (χ2v) is 5.68. The van der Waals surface area contributed by atoms with Crippen molar-refractivity contribution in [2.75, 3.05) is 6.61 Å². The van der Waals surface area contributed by atoms with Crippen molar-refractivity contribution in [1.82, 2.24) is 5.32 Å². The van der Waals surface area contributed by atoms with Crippen LogP contribution in [0, 0.1) is 0 Å². The summed E-state index contributed by atoms with van der Waals surface area (Å²) in [6, 6.07) is 14.9. The maximum Gasteiger partial charge on any atom is 0.332 e. The molecule has 1 N–H and O–H groups in total. The summed E-state index contributed by atoms with van der Waals surface area (Å²) in [5.74, 6) is 0.114. The molecule has 0 saturated heterocycles. The van der Waals surface area contributed by atoms with Crippen molar-refractivity contribution in [1.29, 1.82) is 0 Å². The van der Waals surface area contributed by atoms with E-state index in [1.165, 1.54) is 6.08 Å². The summed E-state index contributed by atoms with van der Waals surface area (Å²) >= 11 is 0. The predicted octanol–water partition coefficient (Wildman–Crippen LogP) is 3.51. The Kier molecular flexibility index (Phi) is 4.84. The van der Waals surface area contributed by atoms with Gasteiger partial charge in [0, 0.05) is 22.9 Å². The fourth-order valence-electron chi connectivity index (χ4n) is 2.86. The lowest BCUT2D eigenvalue weighted by Crippen LogP contribution is -2.30. The smallest absolute Gasteiger partial charge is 0.332 e. The molecule has 0 aromatic heterocycles. The minimum atomic E-state index is -0.508. The first-order valence-corrected chi connectivity index (χ1v) is 8.11. The van der Waals surface area contributed by atoms with Crippen molar-refractivity contribution in [3.05, 3.63) is 71.4 Å². The zero-order valence-corrected chi connectivity index (χ0v) is 14.1. The van der Waals surface area contributed by atoms with Crippen molar-refractivity contribution in [2.45, 2.75) is 19.8 Å². The molecule has 3 rings (SSSR count). The molecule has 0 radical (unpaired) electrons. The van der Waals surface area contributed by atoms with Crippen LogP contribution in [0.3, 0.4) is 0 Å². The number of carbonyl (C=O) groups is 2. The van der Waals surface area contributed by atoms with E-state index in [9.17, 15) is 9.59 Å². The zero-order valence-electron chi connectivity index (χ0n) is 14.1. The molecule has 0 unspecified atom stereocenters. The highest BCUT2D eigenvalue weighted by molar-refractivity contribution is 5.92. The van der Waals surface area contributed by atoms with Gasteiger partial charge in [-0.2, -0.15) is 0 Å². The molecule has 1 aliphatic heterocycles. The van der Waals surface area contributed by atoms with E-state index in [1.54, 1.807) is 13.8 Å². The number of benzene rings is 2. The van der Waals surface area contributed by atoms with Crippen LogP contribution in [0.2, 0.25) is 0 Å². The molecule has 128 valence electrons. The number of hydrogen-bond donors (Lipinski definition) is 1. The lowest BCUT2D eigenvalue weighted by molar-refractivity contribution is -0.137. The molecule has 0 aliphatic carbocycles. The van der Waals surface area contributed by atoms with Crippen LogP contribution in [0.15, 0.2) is 60.3 Å². The lowest BCUT2D eigenvalue weighted by atomic mass is 9.87. The number of fused-ring (bicyclic) bond motifs is 2. The largest absolute Gasteiger partial charge is 0.463 e. The van der Waals surface area contributed by atoms with E-state index in [2.05, 4.69) is 5.32 Å². The number of ether oxygens (including phenoxy) is 2. The molecule has 5 heteroatoms. The zero-order chi connectivity index (χ0) is 17.8. The topological polar surface area (TPSA) is 64.6 Å². The number of hydrogen-bond acceptors (Lipinski definition) is 4.